The highest BCUT2D eigenvalue weighted by Gasteiger charge is 2.54. The smallest absolute Gasteiger partial charge is 0.226 e. The molecule has 132 valence electrons. The number of carbonyl (C=O) groups is 1. The maximum atomic E-state index is 13.0. The molecule has 4 saturated carbocycles. The predicted molar refractivity (Wildman–Crippen MR) is 97.2 cm³/mol. The average Bonchev–Trinajstić information content (AvgIpc) is 2.98. The Bertz CT molecular complexity index is 786. The Kier molecular flexibility index (Phi) is 3.44. The van der Waals surface area contributed by atoms with E-state index in [1.165, 1.54) is 25.0 Å². The molecule has 4 aliphatic carbocycles. The number of hydrogen-bond acceptors (Lipinski definition) is 2. The van der Waals surface area contributed by atoms with E-state index in [4.69, 9.17) is 0 Å². The molecular weight excluding hydrogens is 310 g/mol. The van der Waals surface area contributed by atoms with Gasteiger partial charge in [0, 0.05) is 30.3 Å². The summed E-state index contributed by atoms with van der Waals surface area (Å²) in [6.45, 7) is 2.79. The lowest BCUT2D eigenvalue weighted by molar-refractivity contribution is -0.146. The van der Waals surface area contributed by atoms with Crippen molar-refractivity contribution in [3.8, 4) is 0 Å². The molecule has 0 aromatic carbocycles. The van der Waals surface area contributed by atoms with E-state index in [-0.39, 0.29) is 5.41 Å². The van der Waals surface area contributed by atoms with E-state index in [1.54, 1.807) is 0 Å². The van der Waals surface area contributed by atoms with Crippen molar-refractivity contribution in [2.24, 2.45) is 23.2 Å². The molecule has 0 radical (unpaired) electrons. The Labute approximate surface area is 149 Å². The highest BCUT2D eigenvalue weighted by Crippen LogP contribution is 2.60. The molecule has 1 N–H and O–H groups in total. The molecule has 0 spiro atoms. The van der Waals surface area contributed by atoms with Crippen LogP contribution in [0.3, 0.4) is 0 Å². The van der Waals surface area contributed by atoms with Gasteiger partial charge >= 0.3 is 0 Å². The summed E-state index contributed by atoms with van der Waals surface area (Å²) in [5.74, 6) is 2.78. The van der Waals surface area contributed by atoms with Crippen LogP contribution in [0.25, 0.3) is 5.65 Å². The van der Waals surface area contributed by atoms with Gasteiger partial charge in [-0.25, -0.2) is 4.98 Å². The van der Waals surface area contributed by atoms with Crippen LogP contribution in [0.5, 0.6) is 0 Å². The first-order valence-electron chi connectivity index (χ1n) is 9.83. The monoisotopic (exact) mass is 337 g/mol. The molecule has 0 unspecified atom stereocenters. The number of carbonyl (C=O) groups excluding carboxylic acids is 1. The third kappa shape index (κ3) is 2.57. The molecule has 2 heterocycles. The highest BCUT2D eigenvalue weighted by atomic mass is 16.2. The summed E-state index contributed by atoms with van der Waals surface area (Å²) in [4.78, 5) is 17.7. The maximum absolute atomic E-state index is 13.0. The van der Waals surface area contributed by atoms with Crippen molar-refractivity contribution in [3.63, 3.8) is 0 Å². The normalized spacial score (nSPS) is 33.1. The van der Waals surface area contributed by atoms with Gasteiger partial charge in [0.05, 0.1) is 5.69 Å². The molecule has 2 aromatic rings. The summed E-state index contributed by atoms with van der Waals surface area (Å²) >= 11 is 0. The summed E-state index contributed by atoms with van der Waals surface area (Å²) in [5.41, 5.74) is 3.20. The molecule has 2 aromatic heterocycles. The predicted octanol–water partition coefficient (Wildman–Crippen LogP) is 3.52. The topological polar surface area (TPSA) is 46.4 Å². The van der Waals surface area contributed by atoms with Gasteiger partial charge in [-0.05, 0) is 75.3 Å². The van der Waals surface area contributed by atoms with Gasteiger partial charge in [0.25, 0.3) is 0 Å². The van der Waals surface area contributed by atoms with Crippen molar-refractivity contribution in [1.82, 2.24) is 14.7 Å². The number of pyridine rings is 1. The van der Waals surface area contributed by atoms with Gasteiger partial charge in [0.2, 0.25) is 5.91 Å². The zero-order valence-corrected chi connectivity index (χ0v) is 15.0. The van der Waals surface area contributed by atoms with Crippen molar-refractivity contribution in [3.05, 3.63) is 35.8 Å². The van der Waals surface area contributed by atoms with E-state index in [9.17, 15) is 4.79 Å². The third-order valence-corrected chi connectivity index (χ3v) is 6.93. The van der Waals surface area contributed by atoms with Crippen molar-refractivity contribution in [2.45, 2.75) is 51.9 Å². The summed E-state index contributed by atoms with van der Waals surface area (Å²) in [5, 5.41) is 3.26. The largest absolute Gasteiger partial charge is 0.355 e. The number of imidazole rings is 1. The van der Waals surface area contributed by atoms with Gasteiger partial charge in [0.1, 0.15) is 5.65 Å². The number of fused-ring (bicyclic) bond motifs is 1. The van der Waals surface area contributed by atoms with Crippen LogP contribution in [0.1, 0.15) is 49.9 Å². The molecule has 0 saturated heterocycles. The minimum Gasteiger partial charge on any atom is -0.355 e. The molecule has 4 fully saturated rings. The van der Waals surface area contributed by atoms with Crippen LogP contribution >= 0.6 is 0 Å². The first kappa shape index (κ1) is 15.4. The third-order valence-electron chi connectivity index (χ3n) is 6.93. The standard InChI is InChI=1S/C21H27N3O/c1-14-3-2-4-19-23-18(13-24(14)19)5-6-22-20(25)21-10-15-7-16(11-21)9-17(8-15)12-21/h2-4,13,15-17H,5-12H2,1H3,(H,22,25). The van der Waals surface area contributed by atoms with E-state index in [1.807, 2.05) is 12.1 Å². The number of amides is 1. The van der Waals surface area contributed by atoms with Crippen LogP contribution < -0.4 is 5.32 Å². The van der Waals surface area contributed by atoms with Gasteiger partial charge in [-0.1, -0.05) is 6.07 Å². The molecule has 4 nitrogen and oxygen atoms in total. The number of aryl methyl sites for hydroxylation is 1. The highest BCUT2D eigenvalue weighted by molar-refractivity contribution is 5.83. The van der Waals surface area contributed by atoms with E-state index in [0.717, 1.165) is 54.8 Å². The first-order valence-corrected chi connectivity index (χ1v) is 9.83. The van der Waals surface area contributed by atoms with Crippen LogP contribution in [0.4, 0.5) is 0 Å². The summed E-state index contributed by atoms with van der Waals surface area (Å²) < 4.78 is 2.12. The Balaban J connectivity index is 1.24. The van der Waals surface area contributed by atoms with Gasteiger partial charge in [-0.3, -0.25) is 4.79 Å². The minimum absolute atomic E-state index is 0.0374. The lowest BCUT2D eigenvalue weighted by Crippen LogP contribution is -2.53. The molecule has 1 amide bonds. The van der Waals surface area contributed by atoms with Crippen LogP contribution in [0.2, 0.25) is 0 Å². The second-order valence-corrected chi connectivity index (χ2v) is 8.83. The maximum Gasteiger partial charge on any atom is 0.226 e. The molecule has 6 rings (SSSR count). The molecule has 25 heavy (non-hydrogen) atoms. The van der Waals surface area contributed by atoms with Crippen molar-refractivity contribution >= 4 is 11.6 Å². The van der Waals surface area contributed by atoms with Crippen LogP contribution in [-0.4, -0.2) is 21.8 Å². The zero-order valence-electron chi connectivity index (χ0n) is 15.0. The Hall–Kier alpha value is -1.84. The van der Waals surface area contributed by atoms with Gasteiger partial charge < -0.3 is 9.72 Å². The number of hydrogen-bond donors (Lipinski definition) is 1. The molecule has 4 heteroatoms. The number of rotatable bonds is 4. The fourth-order valence-electron chi connectivity index (χ4n) is 6.20. The van der Waals surface area contributed by atoms with Crippen molar-refractivity contribution < 1.29 is 4.79 Å². The van der Waals surface area contributed by atoms with Gasteiger partial charge in [-0.15, -0.1) is 0 Å². The molecule has 4 bridgehead atoms. The van der Waals surface area contributed by atoms with Crippen molar-refractivity contribution in [2.75, 3.05) is 6.54 Å². The fraction of sp³-hybridized carbons (Fsp3) is 0.619. The lowest BCUT2D eigenvalue weighted by Gasteiger charge is -2.55. The average molecular weight is 337 g/mol. The second kappa shape index (κ2) is 5.58. The molecular formula is C21H27N3O. The van der Waals surface area contributed by atoms with Crippen LogP contribution in [-0.2, 0) is 11.2 Å². The molecule has 4 aliphatic rings. The van der Waals surface area contributed by atoms with Gasteiger partial charge in [-0.2, -0.15) is 0 Å². The number of nitrogens with one attached hydrogen (secondary N) is 1. The van der Waals surface area contributed by atoms with E-state index < -0.39 is 0 Å². The zero-order chi connectivity index (χ0) is 17.0. The van der Waals surface area contributed by atoms with Gasteiger partial charge in [0.15, 0.2) is 0 Å². The van der Waals surface area contributed by atoms with Crippen LogP contribution in [0.15, 0.2) is 24.4 Å². The van der Waals surface area contributed by atoms with E-state index in [0.29, 0.717) is 12.5 Å². The lowest BCUT2D eigenvalue weighted by atomic mass is 9.49. The van der Waals surface area contributed by atoms with E-state index in [2.05, 4.69) is 33.9 Å². The Morgan fingerprint density at radius 3 is 2.52 bits per heavy atom. The number of aromatic nitrogens is 2. The molecule has 0 aliphatic heterocycles. The second-order valence-electron chi connectivity index (χ2n) is 8.83. The summed E-state index contributed by atoms with van der Waals surface area (Å²) in [6, 6.07) is 6.16. The minimum atomic E-state index is -0.0374. The SMILES string of the molecule is Cc1cccc2nc(CCNC(=O)C34CC5CC(CC(C5)C3)C4)cn12. The summed E-state index contributed by atoms with van der Waals surface area (Å²) in [6.07, 6.45) is 10.5. The molecule has 0 atom stereocenters. The fourth-order valence-corrected chi connectivity index (χ4v) is 6.20. The quantitative estimate of drug-likeness (QED) is 0.928. The van der Waals surface area contributed by atoms with E-state index >= 15 is 0 Å². The summed E-state index contributed by atoms with van der Waals surface area (Å²) in [7, 11) is 0. The number of nitrogens with zero attached hydrogens (tertiary/aromatic N) is 2. The Morgan fingerprint density at radius 1 is 1.20 bits per heavy atom. The van der Waals surface area contributed by atoms with Crippen molar-refractivity contribution in [1.29, 1.82) is 0 Å². The first-order chi connectivity index (χ1) is 12.1. The Morgan fingerprint density at radius 2 is 1.88 bits per heavy atom. The van der Waals surface area contributed by atoms with Crippen LogP contribution in [0, 0.1) is 30.1 Å².